The molecule has 0 radical (unpaired) electrons. The molecule has 6 heteroatoms. The summed E-state index contributed by atoms with van der Waals surface area (Å²) < 4.78 is 0. The minimum absolute atomic E-state index is 0.117. The molecule has 0 aliphatic rings. The van der Waals surface area contributed by atoms with Crippen molar-refractivity contribution in [3.8, 4) is 0 Å². The number of halogens is 1. The Morgan fingerprint density at radius 2 is 2.16 bits per heavy atom. The highest BCUT2D eigenvalue weighted by atomic mass is 35.5. The maximum Gasteiger partial charge on any atom is 0.328 e. The van der Waals surface area contributed by atoms with E-state index in [9.17, 15) is 9.59 Å². The highest BCUT2D eigenvalue weighted by Crippen LogP contribution is 2.26. The molecule has 1 aromatic rings. The van der Waals surface area contributed by atoms with Crippen molar-refractivity contribution < 1.29 is 14.7 Å². The molecule has 0 atom stereocenters. The SMILES string of the molecule is CNC(=O)CN(C)c1ccc(/C=C/C(=O)O)cc1Cl. The smallest absolute Gasteiger partial charge is 0.328 e. The number of anilines is 1. The maximum absolute atomic E-state index is 11.3. The fraction of sp³-hybridized carbons (Fsp3) is 0.231. The molecule has 0 spiro atoms. The Balaban J connectivity index is 2.88. The first-order valence-electron chi connectivity index (χ1n) is 5.56. The van der Waals surface area contributed by atoms with Crippen LogP contribution in [0.25, 0.3) is 6.08 Å². The first kappa shape index (κ1) is 15.0. The third kappa shape index (κ3) is 4.63. The third-order valence-corrected chi connectivity index (χ3v) is 2.76. The Morgan fingerprint density at radius 1 is 1.47 bits per heavy atom. The fourth-order valence-electron chi connectivity index (χ4n) is 1.48. The van der Waals surface area contributed by atoms with Gasteiger partial charge in [-0.1, -0.05) is 17.7 Å². The molecule has 19 heavy (non-hydrogen) atoms. The van der Waals surface area contributed by atoms with Gasteiger partial charge in [-0.3, -0.25) is 4.79 Å². The van der Waals surface area contributed by atoms with Gasteiger partial charge >= 0.3 is 5.97 Å². The van der Waals surface area contributed by atoms with Gasteiger partial charge in [-0.05, 0) is 23.8 Å². The number of rotatable bonds is 5. The van der Waals surface area contributed by atoms with Crippen molar-refractivity contribution in [1.29, 1.82) is 0 Å². The summed E-state index contributed by atoms with van der Waals surface area (Å²) in [6, 6.07) is 5.13. The number of hydrogen-bond donors (Lipinski definition) is 2. The molecular formula is C13H15ClN2O3. The van der Waals surface area contributed by atoms with Crippen LogP contribution >= 0.6 is 11.6 Å². The first-order chi connectivity index (χ1) is 8.93. The quantitative estimate of drug-likeness (QED) is 0.805. The number of carbonyl (C=O) groups is 2. The van der Waals surface area contributed by atoms with Crippen LogP contribution in [-0.2, 0) is 9.59 Å². The molecule has 0 saturated carbocycles. The number of aliphatic carboxylic acids is 1. The fourth-order valence-corrected chi connectivity index (χ4v) is 1.82. The van der Waals surface area contributed by atoms with Gasteiger partial charge in [-0.25, -0.2) is 4.79 Å². The lowest BCUT2D eigenvalue weighted by Crippen LogP contribution is -2.33. The Morgan fingerprint density at radius 3 is 2.68 bits per heavy atom. The summed E-state index contributed by atoms with van der Waals surface area (Å²) in [5.41, 5.74) is 1.39. The second kappa shape index (κ2) is 6.80. The molecule has 0 aliphatic heterocycles. The zero-order valence-electron chi connectivity index (χ0n) is 10.7. The van der Waals surface area contributed by atoms with E-state index in [1.807, 2.05) is 0 Å². The summed E-state index contributed by atoms with van der Waals surface area (Å²) in [6.07, 6.45) is 2.50. The monoisotopic (exact) mass is 282 g/mol. The van der Waals surface area contributed by atoms with Crippen molar-refractivity contribution >= 4 is 35.2 Å². The van der Waals surface area contributed by atoms with Crippen molar-refractivity contribution in [2.45, 2.75) is 0 Å². The largest absolute Gasteiger partial charge is 0.478 e. The minimum Gasteiger partial charge on any atom is -0.478 e. The average Bonchev–Trinajstić information content (AvgIpc) is 2.35. The van der Waals surface area contributed by atoms with E-state index in [0.29, 0.717) is 16.3 Å². The number of carbonyl (C=O) groups excluding carboxylic acids is 1. The van der Waals surface area contributed by atoms with E-state index in [0.717, 1.165) is 6.08 Å². The topological polar surface area (TPSA) is 69.6 Å². The van der Waals surface area contributed by atoms with Crippen molar-refractivity contribution in [3.05, 3.63) is 34.9 Å². The second-order valence-electron chi connectivity index (χ2n) is 3.91. The molecule has 1 amide bonds. The number of benzene rings is 1. The standard InChI is InChI=1S/C13H15ClN2O3/c1-15-12(17)8-16(2)11-5-3-9(7-10(11)14)4-6-13(18)19/h3-7H,8H2,1-2H3,(H,15,17)(H,18,19)/b6-4+. The molecule has 0 heterocycles. The molecule has 2 N–H and O–H groups in total. The zero-order chi connectivity index (χ0) is 14.4. The summed E-state index contributed by atoms with van der Waals surface area (Å²) in [5.74, 6) is -1.13. The highest BCUT2D eigenvalue weighted by molar-refractivity contribution is 6.33. The zero-order valence-corrected chi connectivity index (χ0v) is 11.4. The molecule has 0 saturated heterocycles. The molecule has 0 unspecified atom stereocenters. The number of nitrogens with zero attached hydrogens (tertiary/aromatic N) is 1. The normalized spacial score (nSPS) is 10.5. The molecule has 1 aromatic carbocycles. The van der Waals surface area contributed by atoms with Crippen LogP contribution in [0.4, 0.5) is 5.69 Å². The van der Waals surface area contributed by atoms with E-state index < -0.39 is 5.97 Å². The number of amides is 1. The van der Waals surface area contributed by atoms with Crippen molar-refractivity contribution in [1.82, 2.24) is 5.32 Å². The summed E-state index contributed by atoms with van der Waals surface area (Å²) in [7, 11) is 3.32. The molecule has 0 fully saturated rings. The number of nitrogens with one attached hydrogen (secondary N) is 1. The molecule has 5 nitrogen and oxygen atoms in total. The van der Waals surface area contributed by atoms with E-state index in [1.165, 1.54) is 6.08 Å². The molecule has 0 bridgehead atoms. The first-order valence-corrected chi connectivity index (χ1v) is 5.94. The summed E-state index contributed by atoms with van der Waals surface area (Å²) in [5, 5.41) is 11.5. The third-order valence-electron chi connectivity index (χ3n) is 2.46. The number of likely N-dealkylation sites (N-methyl/N-ethyl adjacent to an activating group) is 2. The molecule has 102 valence electrons. The lowest BCUT2D eigenvalue weighted by atomic mass is 10.2. The Labute approximate surface area is 116 Å². The lowest BCUT2D eigenvalue weighted by molar-refractivity contribution is -0.131. The van der Waals surface area contributed by atoms with Crippen LogP contribution in [0.3, 0.4) is 0 Å². The molecule has 1 rings (SSSR count). The van der Waals surface area contributed by atoms with E-state index >= 15 is 0 Å². The van der Waals surface area contributed by atoms with Gasteiger partial charge in [0.15, 0.2) is 0 Å². The number of carboxylic acids is 1. The van der Waals surface area contributed by atoms with E-state index in [1.54, 1.807) is 37.2 Å². The van der Waals surface area contributed by atoms with Gasteiger partial charge in [0, 0.05) is 20.2 Å². The Bertz CT molecular complexity index is 515. The second-order valence-corrected chi connectivity index (χ2v) is 4.32. The Hall–Kier alpha value is -2.01. The Kier molecular flexibility index (Phi) is 5.38. The molecule has 0 aromatic heterocycles. The lowest BCUT2D eigenvalue weighted by Gasteiger charge is -2.19. The van der Waals surface area contributed by atoms with E-state index in [2.05, 4.69) is 5.32 Å². The van der Waals surface area contributed by atoms with Crippen molar-refractivity contribution in [3.63, 3.8) is 0 Å². The van der Waals surface area contributed by atoms with Gasteiger partial charge in [0.05, 0.1) is 17.3 Å². The van der Waals surface area contributed by atoms with Crippen LogP contribution < -0.4 is 10.2 Å². The van der Waals surface area contributed by atoms with Crippen molar-refractivity contribution in [2.75, 3.05) is 25.5 Å². The van der Waals surface area contributed by atoms with Crippen LogP contribution in [0.1, 0.15) is 5.56 Å². The number of carboxylic acid groups (broad SMARTS) is 1. The van der Waals surface area contributed by atoms with Crippen LogP contribution in [0, 0.1) is 0 Å². The number of hydrogen-bond acceptors (Lipinski definition) is 3. The summed E-state index contributed by atoms with van der Waals surface area (Å²) >= 11 is 6.11. The highest BCUT2D eigenvalue weighted by Gasteiger charge is 2.09. The average molecular weight is 283 g/mol. The maximum atomic E-state index is 11.3. The molecular weight excluding hydrogens is 268 g/mol. The van der Waals surface area contributed by atoms with Crippen LogP contribution in [0.2, 0.25) is 5.02 Å². The van der Waals surface area contributed by atoms with Gasteiger partial charge in [0.1, 0.15) is 0 Å². The van der Waals surface area contributed by atoms with Gasteiger partial charge in [0.2, 0.25) is 5.91 Å². The van der Waals surface area contributed by atoms with E-state index in [-0.39, 0.29) is 12.5 Å². The summed E-state index contributed by atoms with van der Waals surface area (Å²) in [4.78, 5) is 23.4. The van der Waals surface area contributed by atoms with Gasteiger partial charge in [0.25, 0.3) is 0 Å². The minimum atomic E-state index is -1.02. The van der Waals surface area contributed by atoms with Crippen LogP contribution in [-0.4, -0.2) is 37.6 Å². The van der Waals surface area contributed by atoms with Gasteiger partial charge in [-0.15, -0.1) is 0 Å². The van der Waals surface area contributed by atoms with Crippen molar-refractivity contribution in [2.24, 2.45) is 0 Å². The molecule has 0 aliphatic carbocycles. The van der Waals surface area contributed by atoms with Crippen LogP contribution in [0.5, 0.6) is 0 Å². The summed E-state index contributed by atoms with van der Waals surface area (Å²) in [6.45, 7) is 0.195. The van der Waals surface area contributed by atoms with Crippen LogP contribution in [0.15, 0.2) is 24.3 Å². The predicted molar refractivity (Wildman–Crippen MR) is 75.5 cm³/mol. The predicted octanol–water partition coefficient (Wildman–Crippen LogP) is 1.62. The van der Waals surface area contributed by atoms with Gasteiger partial charge in [-0.2, -0.15) is 0 Å². The van der Waals surface area contributed by atoms with E-state index in [4.69, 9.17) is 16.7 Å². The van der Waals surface area contributed by atoms with Gasteiger partial charge < -0.3 is 15.3 Å².